The van der Waals surface area contributed by atoms with Crippen LogP contribution in [0.1, 0.15) is 48.9 Å². The van der Waals surface area contributed by atoms with Crippen LogP contribution in [0.5, 0.6) is 0 Å². The molecular weight excluding hydrogens is 482 g/mol. The Hall–Kier alpha value is -4.82. The Labute approximate surface area is 222 Å². The van der Waals surface area contributed by atoms with Crippen LogP contribution in [-0.4, -0.2) is 39.0 Å². The highest BCUT2D eigenvalue weighted by Gasteiger charge is 2.19. The molecule has 10 heteroatoms. The largest absolute Gasteiger partial charge is 0.384 e. The van der Waals surface area contributed by atoms with Crippen LogP contribution in [0.3, 0.4) is 0 Å². The Kier molecular flexibility index (Phi) is 10.9. The molecule has 0 aliphatic carbocycles. The van der Waals surface area contributed by atoms with E-state index in [1.54, 1.807) is 11.1 Å². The van der Waals surface area contributed by atoms with Gasteiger partial charge in [-0.05, 0) is 61.0 Å². The Morgan fingerprint density at radius 3 is 2.39 bits per heavy atom. The van der Waals surface area contributed by atoms with E-state index in [0.29, 0.717) is 30.0 Å². The lowest BCUT2D eigenvalue weighted by molar-refractivity contribution is -0.191. The normalized spacial score (nSPS) is 9.95. The van der Waals surface area contributed by atoms with E-state index in [9.17, 15) is 4.79 Å². The van der Waals surface area contributed by atoms with Gasteiger partial charge in [-0.15, -0.1) is 0 Å². The monoisotopic (exact) mass is 515 g/mol. The molecule has 0 atom stereocenters. The number of nitrogens with one attached hydrogen (secondary N) is 2. The van der Waals surface area contributed by atoms with Gasteiger partial charge in [0.15, 0.2) is 0 Å². The van der Waals surface area contributed by atoms with Gasteiger partial charge in [-0.25, -0.2) is 9.97 Å². The molecule has 2 aromatic heterocycles. The number of unbranched alkanes of at least 4 members (excludes halogenated alkanes) is 1. The van der Waals surface area contributed by atoms with E-state index in [0.717, 1.165) is 35.4 Å². The molecule has 0 spiro atoms. The van der Waals surface area contributed by atoms with Gasteiger partial charge < -0.3 is 15.6 Å². The number of aryl methyl sites for hydroxylation is 1. The highest BCUT2D eigenvalue weighted by atomic mass is 16.2. The fourth-order valence-corrected chi connectivity index (χ4v) is 3.80. The minimum Gasteiger partial charge on any atom is -0.384 e. The third kappa shape index (κ3) is 7.11. The highest BCUT2D eigenvalue weighted by molar-refractivity contribution is 6.07. The molecule has 38 heavy (non-hydrogen) atoms. The molecule has 0 radical (unpaired) electrons. The van der Waals surface area contributed by atoms with Crippen molar-refractivity contribution in [3.05, 3.63) is 83.8 Å². The number of anilines is 2. The zero-order valence-electron chi connectivity index (χ0n) is 20.8. The number of nitrogens with zero attached hydrogens (tertiary/aromatic N) is 4. The molecule has 0 fully saturated rings. The average molecular weight is 516 g/mol. The first-order valence-electron chi connectivity index (χ1n) is 11.8. The van der Waals surface area contributed by atoms with Crippen molar-refractivity contribution >= 4 is 40.4 Å². The number of fused-ring (bicyclic) bond motifs is 1. The van der Waals surface area contributed by atoms with Gasteiger partial charge in [0, 0.05) is 36.6 Å². The van der Waals surface area contributed by atoms with Gasteiger partial charge >= 0.3 is 6.15 Å². The van der Waals surface area contributed by atoms with Gasteiger partial charge in [0.25, 0.3) is 5.91 Å². The molecule has 198 valence electrons. The van der Waals surface area contributed by atoms with Gasteiger partial charge in [-0.2, -0.15) is 9.59 Å². The summed E-state index contributed by atoms with van der Waals surface area (Å²) >= 11 is 0. The molecule has 10 nitrogen and oxygen atoms in total. The Morgan fingerprint density at radius 2 is 1.79 bits per heavy atom. The zero-order chi connectivity index (χ0) is 26.8. The van der Waals surface area contributed by atoms with Crippen LogP contribution in [0.25, 0.3) is 11.0 Å². The number of hydrogen-bond donors (Lipinski definition) is 3. The maximum atomic E-state index is 13.4. The van der Waals surface area contributed by atoms with E-state index < -0.39 is 0 Å². The SMILES string of the molecule is C.CCCCN(C(=O)c1ccc2c(c1)nc(CNc1ccc(C(=N)N)cc1)n2C)c1ccccn1.O=C=O. The molecule has 2 heterocycles. The quantitative estimate of drug-likeness (QED) is 0.222. The van der Waals surface area contributed by atoms with Gasteiger partial charge in [0.2, 0.25) is 0 Å². The number of nitrogen functional groups attached to an aromatic ring is 1. The number of amidine groups is 1. The van der Waals surface area contributed by atoms with Crippen LogP contribution in [0.4, 0.5) is 11.5 Å². The number of hydrogen-bond acceptors (Lipinski definition) is 7. The third-order valence-electron chi connectivity index (χ3n) is 5.77. The van der Waals surface area contributed by atoms with E-state index >= 15 is 0 Å². The summed E-state index contributed by atoms with van der Waals surface area (Å²) in [5, 5.41) is 10.9. The van der Waals surface area contributed by atoms with E-state index in [1.807, 2.05) is 72.3 Å². The summed E-state index contributed by atoms with van der Waals surface area (Å²) < 4.78 is 2.02. The second-order valence-corrected chi connectivity index (χ2v) is 8.22. The molecular formula is C28H33N7O3. The molecule has 0 saturated heterocycles. The van der Waals surface area contributed by atoms with Crippen molar-refractivity contribution in [1.82, 2.24) is 14.5 Å². The summed E-state index contributed by atoms with van der Waals surface area (Å²) in [4.78, 5) is 40.5. The second kappa shape index (κ2) is 14.1. The Morgan fingerprint density at radius 1 is 1.11 bits per heavy atom. The molecule has 0 aliphatic rings. The molecule has 4 aromatic rings. The van der Waals surface area contributed by atoms with E-state index in [2.05, 4.69) is 17.2 Å². The van der Waals surface area contributed by atoms with Crippen LogP contribution in [0.2, 0.25) is 0 Å². The van der Waals surface area contributed by atoms with E-state index in [-0.39, 0.29) is 25.3 Å². The number of carbonyl (C=O) groups is 1. The number of nitrogens with two attached hydrogens (primary N) is 1. The van der Waals surface area contributed by atoms with Crippen molar-refractivity contribution in [1.29, 1.82) is 5.41 Å². The number of pyridine rings is 1. The number of benzene rings is 2. The van der Waals surface area contributed by atoms with Gasteiger partial charge in [-0.3, -0.25) is 15.1 Å². The Bertz CT molecular complexity index is 1390. The summed E-state index contributed by atoms with van der Waals surface area (Å²) in [6.07, 6.45) is 3.84. The summed E-state index contributed by atoms with van der Waals surface area (Å²) in [6.45, 7) is 3.24. The molecule has 4 rings (SSSR count). The van der Waals surface area contributed by atoms with Crippen LogP contribution in [0.15, 0.2) is 66.9 Å². The molecule has 4 N–H and O–H groups in total. The summed E-state index contributed by atoms with van der Waals surface area (Å²) in [6, 6.07) is 18.6. The molecule has 0 bridgehead atoms. The molecule has 2 aromatic carbocycles. The number of carbonyl (C=O) groups excluding carboxylic acids is 3. The minimum atomic E-state index is -0.0788. The average Bonchev–Trinajstić information content (AvgIpc) is 3.23. The predicted octanol–water partition coefficient (Wildman–Crippen LogP) is 4.36. The highest BCUT2D eigenvalue weighted by Crippen LogP contribution is 2.21. The summed E-state index contributed by atoms with van der Waals surface area (Å²) in [5.74, 6) is 1.47. The van der Waals surface area contributed by atoms with Crippen LogP contribution in [-0.2, 0) is 23.2 Å². The minimum absolute atomic E-state index is 0. The number of amides is 1. The lowest BCUT2D eigenvalue weighted by atomic mass is 10.1. The number of aromatic nitrogens is 3. The topological polar surface area (TPSA) is 147 Å². The maximum Gasteiger partial charge on any atom is 0.373 e. The lowest BCUT2D eigenvalue weighted by Crippen LogP contribution is -2.32. The van der Waals surface area contributed by atoms with Gasteiger partial charge in [-0.1, -0.05) is 26.8 Å². The van der Waals surface area contributed by atoms with Crippen molar-refractivity contribution in [2.45, 2.75) is 33.7 Å². The van der Waals surface area contributed by atoms with Crippen LogP contribution >= 0.6 is 0 Å². The third-order valence-corrected chi connectivity index (χ3v) is 5.77. The predicted molar refractivity (Wildman–Crippen MR) is 148 cm³/mol. The fourth-order valence-electron chi connectivity index (χ4n) is 3.80. The van der Waals surface area contributed by atoms with Crippen LogP contribution in [0, 0.1) is 5.41 Å². The molecule has 0 unspecified atom stereocenters. The van der Waals surface area contributed by atoms with Gasteiger partial charge in [0.05, 0.1) is 17.6 Å². The fraction of sp³-hybridized carbons (Fsp3) is 0.250. The molecule has 0 saturated carbocycles. The number of imidazole rings is 1. The van der Waals surface area contributed by atoms with Crippen molar-refractivity contribution < 1.29 is 14.4 Å². The van der Waals surface area contributed by atoms with Gasteiger partial charge in [0.1, 0.15) is 17.5 Å². The number of rotatable bonds is 9. The summed E-state index contributed by atoms with van der Waals surface area (Å²) in [7, 11) is 1.97. The van der Waals surface area contributed by atoms with Crippen molar-refractivity contribution in [2.75, 3.05) is 16.8 Å². The standard InChI is InChI=1S/C26H29N7O.CO2.CH4/c1-3-4-15-33(23-7-5-6-14-29-23)26(34)19-10-13-22-21(16-19)31-24(32(22)2)17-30-20-11-8-18(9-12-20)25(27)28;2-1-3;/h5-14,16,30H,3-4,15,17H2,1-2H3,(H3,27,28);;1H4. The molecule has 1 amide bonds. The van der Waals surface area contributed by atoms with Crippen molar-refractivity contribution in [2.24, 2.45) is 12.8 Å². The van der Waals surface area contributed by atoms with E-state index in [1.165, 1.54) is 0 Å². The van der Waals surface area contributed by atoms with Crippen LogP contribution < -0.4 is 16.0 Å². The second-order valence-electron chi connectivity index (χ2n) is 8.22. The molecule has 0 aliphatic heterocycles. The first-order valence-corrected chi connectivity index (χ1v) is 11.8. The van der Waals surface area contributed by atoms with Crippen molar-refractivity contribution in [3.63, 3.8) is 0 Å². The summed E-state index contributed by atoms with van der Waals surface area (Å²) in [5.41, 5.74) is 9.43. The first-order chi connectivity index (χ1) is 17.9. The smallest absolute Gasteiger partial charge is 0.373 e. The Balaban J connectivity index is 0.00000121. The maximum absolute atomic E-state index is 13.4. The zero-order valence-corrected chi connectivity index (χ0v) is 20.8. The lowest BCUT2D eigenvalue weighted by Gasteiger charge is -2.21. The van der Waals surface area contributed by atoms with E-state index in [4.69, 9.17) is 25.7 Å². The van der Waals surface area contributed by atoms with Crippen molar-refractivity contribution in [3.8, 4) is 0 Å². The first kappa shape index (κ1) is 29.4.